The topological polar surface area (TPSA) is 84.2 Å². The number of hydrogen-bond acceptors (Lipinski definition) is 3. The van der Waals surface area contributed by atoms with Crippen LogP contribution in [0.25, 0.3) is 0 Å². The van der Waals surface area contributed by atoms with Crippen LogP contribution >= 0.6 is 0 Å². The molecule has 0 radical (unpaired) electrons. The van der Waals surface area contributed by atoms with Crippen LogP contribution in [0, 0.1) is 0 Å². The second-order valence-electron chi connectivity index (χ2n) is 3.85. The summed E-state index contributed by atoms with van der Waals surface area (Å²) in [5.74, 6) is 0.127. The number of rotatable bonds is 6. The standard InChI is InChI=1S/C10H19N3O2/c11-6-2-1-3-9(14)12-7-8-4-5-10(15)13-8/h8H,1-7,11H2,(H,12,14)(H,13,15). The van der Waals surface area contributed by atoms with Crippen molar-refractivity contribution in [1.82, 2.24) is 10.6 Å². The Kier molecular flexibility index (Phi) is 5.10. The van der Waals surface area contributed by atoms with Gasteiger partial charge in [-0.3, -0.25) is 9.59 Å². The summed E-state index contributed by atoms with van der Waals surface area (Å²) in [5, 5.41) is 5.61. The van der Waals surface area contributed by atoms with Crippen LogP contribution in [-0.4, -0.2) is 30.9 Å². The molecule has 1 atom stereocenters. The molecule has 0 saturated carbocycles. The van der Waals surface area contributed by atoms with Gasteiger partial charge in [-0.1, -0.05) is 0 Å². The summed E-state index contributed by atoms with van der Waals surface area (Å²) < 4.78 is 0. The van der Waals surface area contributed by atoms with Gasteiger partial charge < -0.3 is 16.4 Å². The zero-order valence-corrected chi connectivity index (χ0v) is 8.92. The zero-order valence-electron chi connectivity index (χ0n) is 8.92. The first-order valence-corrected chi connectivity index (χ1v) is 5.48. The average molecular weight is 213 g/mol. The predicted octanol–water partition coefficient (Wildman–Crippen LogP) is -0.490. The Balaban J connectivity index is 2.03. The van der Waals surface area contributed by atoms with Gasteiger partial charge >= 0.3 is 0 Å². The first kappa shape index (κ1) is 12.0. The maximum absolute atomic E-state index is 11.3. The van der Waals surface area contributed by atoms with Crippen molar-refractivity contribution < 1.29 is 9.59 Å². The van der Waals surface area contributed by atoms with Crippen molar-refractivity contribution in [2.45, 2.75) is 38.1 Å². The van der Waals surface area contributed by atoms with Crippen LogP contribution in [0.4, 0.5) is 0 Å². The Morgan fingerprint density at radius 3 is 2.93 bits per heavy atom. The van der Waals surface area contributed by atoms with E-state index in [2.05, 4.69) is 10.6 Å². The van der Waals surface area contributed by atoms with Crippen LogP contribution in [0.3, 0.4) is 0 Å². The van der Waals surface area contributed by atoms with Crippen molar-refractivity contribution in [1.29, 1.82) is 0 Å². The number of nitrogens with one attached hydrogen (secondary N) is 2. The molecule has 0 bridgehead atoms. The summed E-state index contributed by atoms with van der Waals surface area (Å²) in [5.41, 5.74) is 5.32. The second kappa shape index (κ2) is 6.40. The summed E-state index contributed by atoms with van der Waals surface area (Å²) in [6, 6.07) is 0.121. The van der Waals surface area contributed by atoms with Crippen molar-refractivity contribution in [2.24, 2.45) is 5.73 Å². The molecule has 0 aromatic heterocycles. The van der Waals surface area contributed by atoms with Gasteiger partial charge in [-0.2, -0.15) is 0 Å². The van der Waals surface area contributed by atoms with Crippen LogP contribution in [0.15, 0.2) is 0 Å². The van der Waals surface area contributed by atoms with E-state index in [1.807, 2.05) is 0 Å². The highest BCUT2D eigenvalue weighted by atomic mass is 16.2. The average Bonchev–Trinajstić information content (AvgIpc) is 2.62. The molecular formula is C10H19N3O2. The Morgan fingerprint density at radius 2 is 2.33 bits per heavy atom. The van der Waals surface area contributed by atoms with Gasteiger partial charge in [0.15, 0.2) is 0 Å². The van der Waals surface area contributed by atoms with E-state index in [0.29, 0.717) is 25.9 Å². The van der Waals surface area contributed by atoms with E-state index in [1.165, 1.54) is 0 Å². The lowest BCUT2D eigenvalue weighted by molar-refractivity contribution is -0.122. The maximum Gasteiger partial charge on any atom is 0.220 e. The second-order valence-corrected chi connectivity index (χ2v) is 3.85. The third kappa shape index (κ3) is 4.78. The molecule has 15 heavy (non-hydrogen) atoms. The maximum atomic E-state index is 11.3. The third-order valence-electron chi connectivity index (χ3n) is 2.49. The molecule has 1 rings (SSSR count). The Hall–Kier alpha value is -1.10. The number of hydrogen-bond donors (Lipinski definition) is 3. The van der Waals surface area contributed by atoms with E-state index in [0.717, 1.165) is 19.3 Å². The molecule has 1 unspecified atom stereocenters. The van der Waals surface area contributed by atoms with Gasteiger partial charge in [0, 0.05) is 25.4 Å². The molecule has 5 nitrogen and oxygen atoms in total. The molecule has 1 saturated heterocycles. The SMILES string of the molecule is NCCCCC(=O)NCC1CCC(=O)N1. The van der Waals surface area contributed by atoms with Gasteiger partial charge in [-0.25, -0.2) is 0 Å². The molecule has 86 valence electrons. The van der Waals surface area contributed by atoms with Crippen molar-refractivity contribution in [3.63, 3.8) is 0 Å². The first-order valence-electron chi connectivity index (χ1n) is 5.48. The molecule has 4 N–H and O–H groups in total. The molecule has 1 heterocycles. The smallest absolute Gasteiger partial charge is 0.220 e. The lowest BCUT2D eigenvalue weighted by Crippen LogP contribution is -2.38. The molecule has 1 fully saturated rings. The Bertz CT molecular complexity index is 231. The van der Waals surface area contributed by atoms with E-state index < -0.39 is 0 Å². The number of nitrogens with two attached hydrogens (primary N) is 1. The highest BCUT2D eigenvalue weighted by Crippen LogP contribution is 2.05. The predicted molar refractivity (Wildman–Crippen MR) is 57.1 cm³/mol. The molecule has 2 amide bonds. The zero-order chi connectivity index (χ0) is 11.1. The molecular weight excluding hydrogens is 194 g/mol. The van der Waals surface area contributed by atoms with E-state index in [-0.39, 0.29) is 17.9 Å². The van der Waals surface area contributed by atoms with Crippen molar-refractivity contribution in [3.05, 3.63) is 0 Å². The molecule has 1 aliphatic heterocycles. The van der Waals surface area contributed by atoms with Crippen molar-refractivity contribution in [2.75, 3.05) is 13.1 Å². The van der Waals surface area contributed by atoms with Gasteiger partial charge in [0.2, 0.25) is 11.8 Å². The highest BCUT2D eigenvalue weighted by molar-refractivity contribution is 5.79. The lowest BCUT2D eigenvalue weighted by Gasteiger charge is -2.10. The summed E-state index contributed by atoms with van der Waals surface area (Å²) in [6.07, 6.45) is 3.64. The Morgan fingerprint density at radius 1 is 1.53 bits per heavy atom. The number of unbranched alkanes of at least 4 members (excludes halogenated alkanes) is 1. The third-order valence-corrected chi connectivity index (χ3v) is 2.49. The molecule has 5 heteroatoms. The number of carbonyl (C=O) groups excluding carboxylic acids is 2. The van der Waals surface area contributed by atoms with Crippen molar-refractivity contribution >= 4 is 11.8 Å². The van der Waals surface area contributed by atoms with E-state index in [9.17, 15) is 9.59 Å². The first-order chi connectivity index (χ1) is 7.22. The van der Waals surface area contributed by atoms with E-state index in [4.69, 9.17) is 5.73 Å². The molecule has 0 aromatic carbocycles. The van der Waals surface area contributed by atoms with Gasteiger partial charge in [-0.15, -0.1) is 0 Å². The van der Waals surface area contributed by atoms with Crippen LogP contribution < -0.4 is 16.4 Å². The minimum Gasteiger partial charge on any atom is -0.354 e. The highest BCUT2D eigenvalue weighted by Gasteiger charge is 2.20. The fraction of sp³-hybridized carbons (Fsp3) is 0.800. The quantitative estimate of drug-likeness (QED) is 0.520. The summed E-state index contributed by atoms with van der Waals surface area (Å²) >= 11 is 0. The lowest BCUT2D eigenvalue weighted by atomic mass is 10.2. The summed E-state index contributed by atoms with van der Waals surface area (Å²) in [7, 11) is 0. The van der Waals surface area contributed by atoms with Crippen LogP contribution in [0.2, 0.25) is 0 Å². The van der Waals surface area contributed by atoms with Crippen LogP contribution in [0.1, 0.15) is 32.1 Å². The molecule has 0 spiro atoms. The van der Waals surface area contributed by atoms with Gasteiger partial charge in [-0.05, 0) is 25.8 Å². The van der Waals surface area contributed by atoms with Crippen LogP contribution in [0.5, 0.6) is 0 Å². The van der Waals surface area contributed by atoms with Gasteiger partial charge in [0.25, 0.3) is 0 Å². The molecule has 1 aliphatic rings. The number of amides is 2. The van der Waals surface area contributed by atoms with Crippen molar-refractivity contribution in [3.8, 4) is 0 Å². The minimum absolute atomic E-state index is 0.0459. The molecule has 0 aromatic rings. The summed E-state index contributed by atoms with van der Waals surface area (Å²) in [6.45, 7) is 1.18. The summed E-state index contributed by atoms with van der Waals surface area (Å²) in [4.78, 5) is 22.2. The fourth-order valence-corrected chi connectivity index (χ4v) is 1.59. The van der Waals surface area contributed by atoms with Gasteiger partial charge in [0.1, 0.15) is 0 Å². The molecule has 0 aliphatic carbocycles. The monoisotopic (exact) mass is 213 g/mol. The number of carbonyl (C=O) groups is 2. The Labute approximate surface area is 89.8 Å². The van der Waals surface area contributed by atoms with E-state index >= 15 is 0 Å². The van der Waals surface area contributed by atoms with Crippen LogP contribution in [-0.2, 0) is 9.59 Å². The van der Waals surface area contributed by atoms with Gasteiger partial charge in [0.05, 0.1) is 0 Å². The largest absolute Gasteiger partial charge is 0.354 e. The minimum atomic E-state index is 0.0459. The fourth-order valence-electron chi connectivity index (χ4n) is 1.59. The van der Waals surface area contributed by atoms with E-state index in [1.54, 1.807) is 0 Å². The normalized spacial score (nSPS) is 20.1.